The largest absolute Gasteiger partial charge is 0.494 e. The highest BCUT2D eigenvalue weighted by Gasteiger charge is 2.11. The van der Waals surface area contributed by atoms with Gasteiger partial charge in [0.1, 0.15) is 11.6 Å². The van der Waals surface area contributed by atoms with Gasteiger partial charge in [0.25, 0.3) is 0 Å². The maximum absolute atomic E-state index is 13.7. The highest BCUT2D eigenvalue weighted by molar-refractivity contribution is 5.89. The number of urea groups is 1. The van der Waals surface area contributed by atoms with Crippen molar-refractivity contribution < 1.29 is 13.9 Å². The molecule has 0 aliphatic rings. The van der Waals surface area contributed by atoms with Gasteiger partial charge in [0.15, 0.2) is 0 Å². The first-order chi connectivity index (χ1) is 11.1. The molecule has 0 fully saturated rings. The zero-order chi connectivity index (χ0) is 16.7. The predicted molar refractivity (Wildman–Crippen MR) is 89.3 cm³/mol. The summed E-state index contributed by atoms with van der Waals surface area (Å²) in [4.78, 5) is 13.5. The fourth-order valence-corrected chi connectivity index (χ4v) is 2.04. The van der Waals surface area contributed by atoms with Crippen molar-refractivity contribution >= 4 is 11.7 Å². The molecule has 0 radical (unpaired) electrons. The number of para-hydroxylation sites is 1. The van der Waals surface area contributed by atoms with E-state index in [4.69, 9.17) is 4.74 Å². The molecule has 122 valence electrons. The number of nitrogens with one attached hydrogen (secondary N) is 1. The van der Waals surface area contributed by atoms with Crippen molar-refractivity contribution in [2.24, 2.45) is 0 Å². The third-order valence-electron chi connectivity index (χ3n) is 3.36. The lowest BCUT2D eigenvalue weighted by Crippen LogP contribution is -2.33. The van der Waals surface area contributed by atoms with Crippen LogP contribution >= 0.6 is 0 Å². The van der Waals surface area contributed by atoms with Crippen molar-refractivity contribution in [3.8, 4) is 5.75 Å². The molecule has 0 saturated carbocycles. The third-order valence-corrected chi connectivity index (χ3v) is 3.36. The highest BCUT2D eigenvalue weighted by atomic mass is 19.1. The molecule has 0 unspecified atom stereocenters. The Morgan fingerprint density at radius 1 is 1.22 bits per heavy atom. The van der Waals surface area contributed by atoms with Crippen LogP contribution in [0.2, 0.25) is 0 Å². The Morgan fingerprint density at radius 2 is 1.96 bits per heavy atom. The lowest BCUT2D eigenvalue weighted by molar-refractivity contribution is 0.216. The number of benzene rings is 2. The quantitative estimate of drug-likeness (QED) is 0.816. The number of hydrogen-bond donors (Lipinski definition) is 1. The third kappa shape index (κ3) is 5.29. The minimum atomic E-state index is -0.431. The first kappa shape index (κ1) is 16.8. The van der Waals surface area contributed by atoms with E-state index in [9.17, 15) is 9.18 Å². The molecule has 0 saturated heterocycles. The van der Waals surface area contributed by atoms with Gasteiger partial charge in [-0.3, -0.25) is 0 Å². The molecule has 0 bridgehead atoms. The summed E-state index contributed by atoms with van der Waals surface area (Å²) in [6.07, 6.45) is 0.690. The van der Waals surface area contributed by atoms with E-state index in [1.54, 1.807) is 26.1 Å². The molecule has 0 spiro atoms. The van der Waals surface area contributed by atoms with Gasteiger partial charge < -0.3 is 15.0 Å². The number of nitrogens with zero attached hydrogens (tertiary/aromatic N) is 1. The molecular weight excluding hydrogens is 295 g/mol. The standard InChI is InChI=1S/C18H21FN2O2/c1-14-9-10-17(16(19)13-14)20-18(22)21(2)11-6-12-23-15-7-4-3-5-8-15/h3-5,7-10,13H,6,11-12H2,1-2H3,(H,20,22). The van der Waals surface area contributed by atoms with Gasteiger partial charge in [0.2, 0.25) is 0 Å². The summed E-state index contributed by atoms with van der Waals surface area (Å²) >= 11 is 0. The average molecular weight is 316 g/mol. The Labute approximate surface area is 135 Å². The van der Waals surface area contributed by atoms with E-state index in [1.165, 1.54) is 11.0 Å². The minimum absolute atomic E-state index is 0.188. The van der Waals surface area contributed by atoms with Gasteiger partial charge >= 0.3 is 6.03 Å². The first-order valence-corrected chi connectivity index (χ1v) is 7.52. The number of anilines is 1. The van der Waals surface area contributed by atoms with Gasteiger partial charge in [-0.05, 0) is 43.2 Å². The molecule has 0 atom stereocenters. The molecule has 2 aromatic rings. The number of rotatable bonds is 6. The number of hydrogen-bond acceptors (Lipinski definition) is 2. The molecule has 2 aromatic carbocycles. The first-order valence-electron chi connectivity index (χ1n) is 7.52. The Balaban J connectivity index is 1.74. The second-order valence-corrected chi connectivity index (χ2v) is 5.35. The molecule has 2 rings (SSSR count). The molecule has 0 heterocycles. The predicted octanol–water partition coefficient (Wildman–Crippen LogP) is 4.07. The maximum atomic E-state index is 13.7. The molecule has 23 heavy (non-hydrogen) atoms. The van der Waals surface area contributed by atoms with Crippen LogP contribution in [0.3, 0.4) is 0 Å². The van der Waals surface area contributed by atoms with Crippen molar-refractivity contribution in [2.45, 2.75) is 13.3 Å². The summed E-state index contributed by atoms with van der Waals surface area (Å²) in [5.41, 5.74) is 1.000. The molecule has 5 heteroatoms. The zero-order valence-electron chi connectivity index (χ0n) is 13.4. The van der Waals surface area contributed by atoms with E-state index < -0.39 is 5.82 Å². The topological polar surface area (TPSA) is 41.6 Å². The molecule has 4 nitrogen and oxygen atoms in total. The molecule has 0 aliphatic carbocycles. The maximum Gasteiger partial charge on any atom is 0.321 e. The number of aryl methyl sites for hydroxylation is 1. The highest BCUT2D eigenvalue weighted by Crippen LogP contribution is 2.15. The van der Waals surface area contributed by atoms with Crippen LogP contribution in [0.25, 0.3) is 0 Å². The molecule has 0 aromatic heterocycles. The van der Waals surface area contributed by atoms with Crippen molar-refractivity contribution in [2.75, 3.05) is 25.5 Å². The summed E-state index contributed by atoms with van der Waals surface area (Å²) < 4.78 is 19.3. The molecule has 0 aliphatic heterocycles. The van der Waals surface area contributed by atoms with Crippen molar-refractivity contribution in [1.82, 2.24) is 4.90 Å². The van der Waals surface area contributed by atoms with Crippen LogP contribution in [0.5, 0.6) is 5.75 Å². The summed E-state index contributed by atoms with van der Waals surface area (Å²) in [6, 6.07) is 13.9. The van der Waals surface area contributed by atoms with Crippen molar-refractivity contribution in [1.29, 1.82) is 0 Å². The Hall–Kier alpha value is -2.56. The van der Waals surface area contributed by atoms with Crippen LogP contribution in [0.4, 0.5) is 14.9 Å². The van der Waals surface area contributed by atoms with Gasteiger partial charge in [-0.1, -0.05) is 24.3 Å². The second kappa shape index (κ2) is 8.17. The van der Waals surface area contributed by atoms with E-state index in [1.807, 2.05) is 30.3 Å². The SMILES string of the molecule is Cc1ccc(NC(=O)N(C)CCCOc2ccccc2)c(F)c1. The summed E-state index contributed by atoms with van der Waals surface area (Å²) in [6.45, 7) is 2.83. The Kier molecular flexibility index (Phi) is 5.97. The van der Waals surface area contributed by atoms with Crippen LogP contribution in [0.1, 0.15) is 12.0 Å². The fraction of sp³-hybridized carbons (Fsp3) is 0.278. The van der Waals surface area contributed by atoms with Gasteiger partial charge in [0.05, 0.1) is 12.3 Å². The average Bonchev–Trinajstić information content (AvgIpc) is 2.55. The molecule has 2 amide bonds. The Morgan fingerprint density at radius 3 is 2.65 bits per heavy atom. The van der Waals surface area contributed by atoms with Gasteiger partial charge in [-0.15, -0.1) is 0 Å². The summed E-state index contributed by atoms with van der Waals surface area (Å²) in [5, 5.41) is 2.57. The van der Waals surface area contributed by atoms with E-state index in [0.717, 1.165) is 11.3 Å². The van der Waals surface area contributed by atoms with E-state index >= 15 is 0 Å². The van der Waals surface area contributed by atoms with Crippen LogP contribution in [-0.4, -0.2) is 31.1 Å². The van der Waals surface area contributed by atoms with Crippen molar-refractivity contribution in [3.05, 3.63) is 59.9 Å². The monoisotopic (exact) mass is 316 g/mol. The lowest BCUT2D eigenvalue weighted by Gasteiger charge is -2.18. The normalized spacial score (nSPS) is 10.2. The smallest absolute Gasteiger partial charge is 0.321 e. The Bertz CT molecular complexity index is 647. The van der Waals surface area contributed by atoms with E-state index in [2.05, 4.69) is 5.32 Å². The lowest BCUT2D eigenvalue weighted by atomic mass is 10.2. The van der Waals surface area contributed by atoms with Gasteiger partial charge in [-0.25, -0.2) is 9.18 Å². The molecule has 1 N–H and O–H groups in total. The zero-order valence-corrected chi connectivity index (χ0v) is 13.4. The van der Waals surface area contributed by atoms with Crippen LogP contribution < -0.4 is 10.1 Å². The van der Waals surface area contributed by atoms with Crippen LogP contribution in [0, 0.1) is 12.7 Å². The summed E-state index contributed by atoms with van der Waals surface area (Å²) in [5.74, 6) is 0.375. The number of amides is 2. The minimum Gasteiger partial charge on any atom is -0.494 e. The van der Waals surface area contributed by atoms with E-state index in [0.29, 0.717) is 19.6 Å². The van der Waals surface area contributed by atoms with Crippen molar-refractivity contribution in [3.63, 3.8) is 0 Å². The van der Waals surface area contributed by atoms with Crippen LogP contribution in [-0.2, 0) is 0 Å². The van der Waals surface area contributed by atoms with Crippen LogP contribution in [0.15, 0.2) is 48.5 Å². The second-order valence-electron chi connectivity index (χ2n) is 5.35. The fourth-order valence-electron chi connectivity index (χ4n) is 2.04. The molecular formula is C18H21FN2O2. The van der Waals surface area contributed by atoms with E-state index in [-0.39, 0.29) is 11.7 Å². The number of carbonyl (C=O) groups excluding carboxylic acids is 1. The number of ether oxygens (including phenoxy) is 1. The van der Waals surface area contributed by atoms with Gasteiger partial charge in [0, 0.05) is 13.6 Å². The number of halogens is 1. The van der Waals surface area contributed by atoms with Gasteiger partial charge in [-0.2, -0.15) is 0 Å². The number of carbonyl (C=O) groups is 1. The summed E-state index contributed by atoms with van der Waals surface area (Å²) in [7, 11) is 1.67.